The minimum atomic E-state index is -0.236. The quantitative estimate of drug-likeness (QED) is 0.886. The van der Waals surface area contributed by atoms with Crippen molar-refractivity contribution in [3.05, 3.63) is 46.8 Å². The molecule has 5 nitrogen and oxygen atoms in total. The molecule has 1 amide bonds. The third-order valence-corrected chi connectivity index (χ3v) is 4.36. The average molecular weight is 329 g/mol. The summed E-state index contributed by atoms with van der Waals surface area (Å²) in [6.07, 6.45) is 0. The van der Waals surface area contributed by atoms with E-state index in [1.54, 1.807) is 0 Å². The summed E-state index contributed by atoms with van der Waals surface area (Å²) < 4.78 is 7.62. The number of carbonyl (C=O) groups is 1. The molecule has 1 N–H and O–H groups in total. The molecule has 130 valence electrons. The number of amides is 1. The van der Waals surface area contributed by atoms with Gasteiger partial charge in [-0.2, -0.15) is 5.10 Å². The minimum absolute atomic E-state index is 0.00455. The van der Waals surface area contributed by atoms with E-state index in [0.29, 0.717) is 6.61 Å². The molecule has 0 spiro atoms. The van der Waals surface area contributed by atoms with E-state index in [0.717, 1.165) is 28.3 Å². The topological polar surface area (TPSA) is 56.1 Å². The van der Waals surface area contributed by atoms with Gasteiger partial charge in [0.05, 0.1) is 17.7 Å². The molecule has 1 aromatic carbocycles. The van der Waals surface area contributed by atoms with Crippen molar-refractivity contribution in [2.24, 2.45) is 7.05 Å². The van der Waals surface area contributed by atoms with Crippen LogP contribution in [0.5, 0.6) is 5.75 Å². The molecule has 0 radical (unpaired) electrons. The van der Waals surface area contributed by atoms with Crippen molar-refractivity contribution < 1.29 is 9.53 Å². The Labute approximate surface area is 144 Å². The number of nitrogens with zero attached hydrogens (tertiary/aromatic N) is 2. The van der Waals surface area contributed by atoms with E-state index in [1.165, 1.54) is 0 Å². The number of aryl methyl sites for hydroxylation is 3. The summed E-state index contributed by atoms with van der Waals surface area (Å²) in [6.45, 7) is 10.2. The molecular formula is C19H27N3O2. The highest BCUT2D eigenvalue weighted by Gasteiger charge is 2.23. The second-order valence-corrected chi connectivity index (χ2v) is 6.42. The molecule has 0 unspecified atom stereocenters. The summed E-state index contributed by atoms with van der Waals surface area (Å²) >= 11 is 0. The number of benzene rings is 1. The van der Waals surface area contributed by atoms with E-state index in [-0.39, 0.29) is 17.9 Å². The fraction of sp³-hybridized carbons (Fsp3) is 0.474. The molecule has 0 aliphatic carbocycles. The van der Waals surface area contributed by atoms with E-state index in [1.807, 2.05) is 70.6 Å². The Balaban J connectivity index is 1.95. The zero-order valence-electron chi connectivity index (χ0n) is 15.4. The van der Waals surface area contributed by atoms with Crippen molar-refractivity contribution in [3.63, 3.8) is 0 Å². The van der Waals surface area contributed by atoms with Crippen molar-refractivity contribution >= 4 is 5.91 Å². The van der Waals surface area contributed by atoms with Crippen molar-refractivity contribution in [3.8, 4) is 5.75 Å². The Hall–Kier alpha value is -2.30. The number of aromatic nitrogens is 2. The number of nitrogens with one attached hydrogen (secondary N) is 1. The minimum Gasteiger partial charge on any atom is -0.491 e. The van der Waals surface area contributed by atoms with E-state index in [2.05, 4.69) is 10.4 Å². The molecular weight excluding hydrogens is 302 g/mol. The van der Waals surface area contributed by atoms with Crippen LogP contribution in [0.2, 0.25) is 0 Å². The second kappa shape index (κ2) is 7.51. The van der Waals surface area contributed by atoms with E-state index < -0.39 is 0 Å². The van der Waals surface area contributed by atoms with Gasteiger partial charge in [-0.1, -0.05) is 18.2 Å². The predicted molar refractivity (Wildman–Crippen MR) is 95.4 cm³/mol. The maximum absolute atomic E-state index is 12.5. The van der Waals surface area contributed by atoms with Crippen LogP contribution in [0.25, 0.3) is 0 Å². The van der Waals surface area contributed by atoms with Gasteiger partial charge in [0, 0.05) is 18.3 Å². The summed E-state index contributed by atoms with van der Waals surface area (Å²) in [5.74, 6) is 0.611. The molecule has 0 saturated carbocycles. The Morgan fingerprint density at radius 2 is 1.92 bits per heavy atom. The van der Waals surface area contributed by atoms with Crippen LogP contribution < -0.4 is 10.1 Å². The number of ether oxygens (including phenoxy) is 1. The molecule has 2 aromatic rings. The highest BCUT2D eigenvalue weighted by atomic mass is 16.5. The molecule has 0 saturated heterocycles. The van der Waals surface area contributed by atoms with Gasteiger partial charge in [0.1, 0.15) is 12.4 Å². The van der Waals surface area contributed by atoms with Crippen LogP contribution in [0.3, 0.4) is 0 Å². The lowest BCUT2D eigenvalue weighted by Gasteiger charge is -2.19. The summed E-state index contributed by atoms with van der Waals surface area (Å²) in [6, 6.07) is 7.80. The number of hydrogen-bond donors (Lipinski definition) is 1. The normalized spacial score (nSPS) is 13.4. The van der Waals surface area contributed by atoms with Gasteiger partial charge in [-0.25, -0.2) is 0 Å². The van der Waals surface area contributed by atoms with E-state index >= 15 is 0 Å². The summed E-state index contributed by atoms with van der Waals surface area (Å²) in [7, 11) is 1.90. The predicted octanol–water partition coefficient (Wildman–Crippen LogP) is 3.03. The first-order valence-electron chi connectivity index (χ1n) is 8.30. The summed E-state index contributed by atoms with van der Waals surface area (Å²) in [4.78, 5) is 12.5. The molecule has 1 heterocycles. The van der Waals surface area contributed by atoms with Gasteiger partial charge in [-0.3, -0.25) is 9.48 Å². The first kappa shape index (κ1) is 18.0. The molecule has 5 heteroatoms. The van der Waals surface area contributed by atoms with Crippen molar-refractivity contribution in [1.82, 2.24) is 15.1 Å². The lowest BCUT2D eigenvalue weighted by atomic mass is 9.98. The van der Waals surface area contributed by atoms with E-state index in [4.69, 9.17) is 4.74 Å². The monoisotopic (exact) mass is 329 g/mol. The van der Waals surface area contributed by atoms with Crippen LogP contribution in [0, 0.1) is 20.8 Å². The van der Waals surface area contributed by atoms with Crippen molar-refractivity contribution in [2.75, 3.05) is 6.61 Å². The Morgan fingerprint density at radius 1 is 1.25 bits per heavy atom. The third-order valence-electron chi connectivity index (χ3n) is 4.36. The zero-order chi connectivity index (χ0) is 17.9. The number of carbonyl (C=O) groups excluding carboxylic acids is 1. The first-order chi connectivity index (χ1) is 11.3. The Morgan fingerprint density at radius 3 is 2.50 bits per heavy atom. The van der Waals surface area contributed by atoms with Gasteiger partial charge in [0.25, 0.3) is 0 Å². The molecule has 0 aliphatic rings. The van der Waals surface area contributed by atoms with Gasteiger partial charge in [-0.05, 0) is 46.2 Å². The third kappa shape index (κ3) is 3.96. The van der Waals surface area contributed by atoms with E-state index in [9.17, 15) is 4.79 Å². The molecule has 0 aliphatic heterocycles. The van der Waals surface area contributed by atoms with Crippen LogP contribution in [0.4, 0.5) is 0 Å². The van der Waals surface area contributed by atoms with Gasteiger partial charge < -0.3 is 10.1 Å². The number of hydrogen-bond acceptors (Lipinski definition) is 3. The summed E-state index contributed by atoms with van der Waals surface area (Å²) in [5.41, 5.74) is 4.02. The number of para-hydroxylation sites is 1. The van der Waals surface area contributed by atoms with Gasteiger partial charge >= 0.3 is 0 Å². The Kier molecular flexibility index (Phi) is 5.65. The second-order valence-electron chi connectivity index (χ2n) is 6.42. The SMILES string of the molecule is Cc1ccccc1OC[C@H](C)NC(=O)[C@H](C)c1c(C)nn(C)c1C. The standard InChI is InChI=1S/C19H27N3O2/c1-12-9-7-8-10-17(12)24-11-13(2)20-19(23)14(3)18-15(4)21-22(6)16(18)5/h7-10,13-14H,11H2,1-6H3,(H,20,23)/t13-,14+/m0/s1. The fourth-order valence-corrected chi connectivity index (χ4v) is 2.89. The zero-order valence-corrected chi connectivity index (χ0v) is 15.4. The largest absolute Gasteiger partial charge is 0.491 e. The van der Waals surface area contributed by atoms with Crippen LogP contribution in [0.1, 0.15) is 42.3 Å². The van der Waals surface area contributed by atoms with Crippen LogP contribution in [-0.4, -0.2) is 28.3 Å². The van der Waals surface area contributed by atoms with Crippen LogP contribution in [-0.2, 0) is 11.8 Å². The first-order valence-corrected chi connectivity index (χ1v) is 8.30. The fourth-order valence-electron chi connectivity index (χ4n) is 2.89. The highest BCUT2D eigenvalue weighted by Crippen LogP contribution is 2.23. The van der Waals surface area contributed by atoms with Crippen LogP contribution in [0.15, 0.2) is 24.3 Å². The van der Waals surface area contributed by atoms with Crippen molar-refractivity contribution in [2.45, 2.75) is 46.6 Å². The molecule has 0 fully saturated rings. The van der Waals surface area contributed by atoms with Crippen LogP contribution >= 0.6 is 0 Å². The van der Waals surface area contributed by atoms with Gasteiger partial charge in [-0.15, -0.1) is 0 Å². The summed E-state index contributed by atoms with van der Waals surface area (Å²) in [5, 5.41) is 7.42. The molecule has 0 bridgehead atoms. The molecule has 2 rings (SSSR count). The molecule has 1 aromatic heterocycles. The maximum atomic E-state index is 12.5. The highest BCUT2D eigenvalue weighted by molar-refractivity contribution is 5.84. The van der Waals surface area contributed by atoms with Crippen molar-refractivity contribution in [1.29, 1.82) is 0 Å². The van der Waals surface area contributed by atoms with Gasteiger partial charge in [0.2, 0.25) is 5.91 Å². The molecule has 24 heavy (non-hydrogen) atoms. The lowest BCUT2D eigenvalue weighted by Crippen LogP contribution is -2.39. The maximum Gasteiger partial charge on any atom is 0.227 e. The lowest BCUT2D eigenvalue weighted by molar-refractivity contribution is -0.123. The molecule has 2 atom stereocenters. The smallest absolute Gasteiger partial charge is 0.227 e. The Bertz CT molecular complexity index is 721. The average Bonchev–Trinajstić information content (AvgIpc) is 2.78. The number of rotatable bonds is 6. The van der Waals surface area contributed by atoms with Gasteiger partial charge in [0.15, 0.2) is 0 Å².